The average molecular weight is 556 g/mol. The fourth-order valence-electron chi connectivity index (χ4n) is 5.60. The summed E-state index contributed by atoms with van der Waals surface area (Å²) in [4.78, 5) is 19.7. The Morgan fingerprint density at radius 3 is 2.66 bits per heavy atom. The Hall–Kier alpha value is -3.29. The molecule has 6 rings (SSSR count). The van der Waals surface area contributed by atoms with Crippen LogP contribution in [0.3, 0.4) is 0 Å². The minimum absolute atomic E-state index is 0.0219. The topological polar surface area (TPSA) is 116 Å². The maximum Gasteiger partial charge on any atom is 0.264 e. The number of halogens is 1. The second kappa shape index (κ2) is 9.17. The van der Waals surface area contributed by atoms with Gasteiger partial charge in [0, 0.05) is 30.4 Å². The highest BCUT2D eigenvalue weighted by Crippen LogP contribution is 2.48. The van der Waals surface area contributed by atoms with Crippen molar-refractivity contribution in [1.82, 2.24) is 34.1 Å². The zero-order chi connectivity index (χ0) is 26.7. The summed E-state index contributed by atoms with van der Waals surface area (Å²) < 4.78 is 44.0. The molecule has 2 atom stereocenters. The van der Waals surface area contributed by atoms with Gasteiger partial charge in [0.05, 0.1) is 29.5 Å². The van der Waals surface area contributed by atoms with Gasteiger partial charge < -0.3 is 0 Å². The maximum atomic E-state index is 14.1. The average Bonchev–Trinajstić information content (AvgIpc) is 3.68. The van der Waals surface area contributed by atoms with Gasteiger partial charge in [-0.05, 0) is 68.9 Å². The molecule has 0 amide bonds. The van der Waals surface area contributed by atoms with Crippen LogP contribution in [-0.4, -0.2) is 61.4 Å². The van der Waals surface area contributed by atoms with E-state index in [2.05, 4.69) is 20.3 Å². The van der Waals surface area contributed by atoms with Gasteiger partial charge in [0.2, 0.25) is 5.03 Å². The second-order valence-corrected chi connectivity index (χ2v) is 12.9. The number of piperidine rings is 1. The Balaban J connectivity index is 1.40. The van der Waals surface area contributed by atoms with Gasteiger partial charge in [0.1, 0.15) is 5.82 Å². The number of nitrogens with zero attached hydrogens (tertiary/aromatic N) is 7. The van der Waals surface area contributed by atoms with Crippen molar-refractivity contribution >= 4 is 27.1 Å². The summed E-state index contributed by atoms with van der Waals surface area (Å²) in [5.74, 6) is -0.603. The molecule has 4 heterocycles. The van der Waals surface area contributed by atoms with E-state index in [0.717, 1.165) is 16.9 Å². The lowest BCUT2D eigenvalue weighted by Gasteiger charge is -2.48. The molecule has 1 fully saturated rings. The first-order valence-electron chi connectivity index (χ1n) is 12.4. The number of ketones is 1. The maximum absolute atomic E-state index is 14.1. The number of hydrogen-bond donors (Lipinski definition) is 0. The smallest absolute Gasteiger partial charge is 0.264 e. The Morgan fingerprint density at radius 1 is 1.18 bits per heavy atom. The van der Waals surface area contributed by atoms with Crippen LogP contribution in [0, 0.1) is 17.2 Å². The van der Waals surface area contributed by atoms with Gasteiger partial charge in [0.25, 0.3) is 10.0 Å². The summed E-state index contributed by atoms with van der Waals surface area (Å²) >= 11 is 1.26. The monoisotopic (exact) mass is 555 g/mol. The molecule has 0 saturated carbocycles. The number of carbonyl (C=O) groups is 1. The van der Waals surface area contributed by atoms with Crippen molar-refractivity contribution < 1.29 is 17.6 Å². The van der Waals surface area contributed by atoms with Crippen molar-refractivity contribution in [1.29, 1.82) is 0 Å². The van der Waals surface area contributed by atoms with Crippen LogP contribution in [0.4, 0.5) is 4.39 Å². The van der Waals surface area contributed by atoms with Crippen molar-refractivity contribution in [2.75, 3.05) is 13.1 Å². The van der Waals surface area contributed by atoms with E-state index in [0.29, 0.717) is 24.3 Å². The molecule has 0 radical (unpaired) electrons. The normalized spacial score (nSPS) is 21.8. The Kier molecular flexibility index (Phi) is 6.04. The number of aromatic nitrogens is 6. The molecule has 1 aromatic carbocycles. The molecule has 1 aliphatic carbocycles. The van der Waals surface area contributed by atoms with E-state index in [-0.39, 0.29) is 41.7 Å². The summed E-state index contributed by atoms with van der Waals surface area (Å²) in [6.45, 7) is 4.02. The van der Waals surface area contributed by atoms with E-state index in [1.54, 1.807) is 34.6 Å². The summed E-state index contributed by atoms with van der Waals surface area (Å²) in [5, 5.41) is 14.9. The molecule has 38 heavy (non-hydrogen) atoms. The van der Waals surface area contributed by atoms with Crippen molar-refractivity contribution in [2.24, 2.45) is 11.3 Å². The number of hydrogen-bond acceptors (Lipinski definition) is 8. The van der Waals surface area contributed by atoms with Crippen LogP contribution in [0.25, 0.3) is 5.69 Å². The van der Waals surface area contributed by atoms with Crippen LogP contribution < -0.4 is 0 Å². The zero-order valence-corrected chi connectivity index (χ0v) is 22.5. The van der Waals surface area contributed by atoms with Gasteiger partial charge in [-0.1, -0.05) is 0 Å². The first-order chi connectivity index (χ1) is 18.2. The predicted molar refractivity (Wildman–Crippen MR) is 137 cm³/mol. The van der Waals surface area contributed by atoms with Crippen molar-refractivity contribution in [3.63, 3.8) is 0 Å². The molecule has 1 aliphatic heterocycles. The Morgan fingerprint density at radius 2 is 1.97 bits per heavy atom. The lowest BCUT2D eigenvalue weighted by Crippen LogP contribution is -2.57. The van der Waals surface area contributed by atoms with Gasteiger partial charge in [-0.15, -0.1) is 16.4 Å². The highest BCUT2D eigenvalue weighted by molar-refractivity contribution is 7.89. The summed E-state index contributed by atoms with van der Waals surface area (Å²) in [5.41, 5.74) is 1.57. The fourth-order valence-corrected chi connectivity index (χ4v) is 7.66. The number of fused-ring (bicyclic) bond motifs is 2. The third kappa shape index (κ3) is 4.00. The third-order valence-electron chi connectivity index (χ3n) is 7.57. The standard InChI is InChI=1S/C25H26FN7O3S2/c1-16(2)33-29-14-22(30-33)38(35,36)31-9-7-18-11-21-17(13-28-32(21)20-5-3-19(26)4-6-20)12-25(18,15-31)23(34)24-27-8-10-37-24/h3-6,8,10,13-14,16,18H,7,9,11-12,15H2,1-2H3/t18?,25-/m0/s1. The zero-order valence-electron chi connectivity index (χ0n) is 20.9. The number of benzene rings is 1. The third-order valence-corrected chi connectivity index (χ3v) is 10.1. The van der Waals surface area contributed by atoms with Crippen molar-refractivity contribution in [3.8, 4) is 5.69 Å². The molecule has 4 aromatic rings. The van der Waals surface area contributed by atoms with Gasteiger partial charge in [-0.3, -0.25) is 4.79 Å². The molecule has 1 saturated heterocycles. The molecule has 0 spiro atoms. The predicted octanol–water partition coefficient (Wildman–Crippen LogP) is 3.32. The lowest BCUT2D eigenvalue weighted by atomic mass is 9.61. The number of Topliss-reactive ketones (excluding diaryl/α,β-unsaturated/α-hetero) is 1. The molecule has 2 aliphatic rings. The van der Waals surface area contributed by atoms with Gasteiger partial charge in [0.15, 0.2) is 10.8 Å². The summed E-state index contributed by atoms with van der Waals surface area (Å²) in [6.07, 6.45) is 5.95. The minimum atomic E-state index is -3.97. The molecule has 0 N–H and O–H groups in total. The van der Waals surface area contributed by atoms with Crippen LogP contribution in [0.1, 0.15) is 47.4 Å². The lowest BCUT2D eigenvalue weighted by molar-refractivity contribution is 0.0399. The van der Waals surface area contributed by atoms with Crippen LogP contribution in [0.2, 0.25) is 0 Å². The van der Waals surface area contributed by atoms with E-state index in [4.69, 9.17) is 0 Å². The molecular weight excluding hydrogens is 529 g/mol. The molecule has 0 bridgehead atoms. The van der Waals surface area contributed by atoms with E-state index in [1.165, 1.54) is 38.8 Å². The van der Waals surface area contributed by atoms with Crippen LogP contribution in [0.15, 0.2) is 53.3 Å². The number of sulfonamides is 1. The summed E-state index contributed by atoms with van der Waals surface area (Å²) in [7, 11) is -3.97. The van der Waals surface area contributed by atoms with Crippen molar-refractivity contribution in [3.05, 3.63) is 70.3 Å². The van der Waals surface area contributed by atoms with E-state index < -0.39 is 15.4 Å². The van der Waals surface area contributed by atoms with Gasteiger partial charge in [-0.2, -0.15) is 19.3 Å². The molecular formula is C25H26FN7O3S2. The minimum Gasteiger partial charge on any atom is -0.291 e. The SMILES string of the molecule is CC(C)n1ncc(S(=O)(=O)N2CCC3Cc4c(cnn4-c4ccc(F)cc4)C[C@]3(C(=O)c3nccs3)C2)n1. The summed E-state index contributed by atoms with van der Waals surface area (Å²) in [6, 6.07) is 6.04. The molecule has 3 aromatic heterocycles. The van der Waals surface area contributed by atoms with Crippen LogP contribution >= 0.6 is 11.3 Å². The molecule has 1 unspecified atom stereocenters. The van der Waals surface area contributed by atoms with Crippen LogP contribution in [-0.2, 0) is 22.9 Å². The molecule has 10 nitrogen and oxygen atoms in total. The number of carbonyl (C=O) groups excluding carboxylic acids is 1. The molecule has 198 valence electrons. The fraction of sp³-hybridized carbons (Fsp3) is 0.400. The number of thiazole rings is 1. The Bertz CT molecular complexity index is 1600. The first kappa shape index (κ1) is 25.0. The van der Waals surface area contributed by atoms with E-state index in [1.807, 2.05) is 13.8 Å². The quantitative estimate of drug-likeness (QED) is 0.335. The first-order valence-corrected chi connectivity index (χ1v) is 14.7. The van der Waals surface area contributed by atoms with Crippen molar-refractivity contribution in [2.45, 2.75) is 44.2 Å². The van der Waals surface area contributed by atoms with Gasteiger partial charge in [-0.25, -0.2) is 22.5 Å². The number of rotatable bonds is 6. The van der Waals surface area contributed by atoms with Gasteiger partial charge >= 0.3 is 0 Å². The second-order valence-electron chi connectivity index (χ2n) is 10.1. The van der Waals surface area contributed by atoms with E-state index >= 15 is 0 Å². The largest absolute Gasteiger partial charge is 0.291 e. The Labute approximate surface area is 223 Å². The van der Waals surface area contributed by atoms with Crippen LogP contribution in [0.5, 0.6) is 0 Å². The highest BCUT2D eigenvalue weighted by Gasteiger charge is 2.55. The highest BCUT2D eigenvalue weighted by atomic mass is 32.2. The molecule has 13 heteroatoms. The van der Waals surface area contributed by atoms with E-state index in [9.17, 15) is 17.6 Å².